The van der Waals surface area contributed by atoms with Crippen LogP contribution >= 0.6 is 0 Å². The van der Waals surface area contributed by atoms with E-state index in [9.17, 15) is 28.0 Å². The summed E-state index contributed by atoms with van der Waals surface area (Å²) >= 11 is 0. The second-order valence-electron chi connectivity index (χ2n) is 16.2. The van der Waals surface area contributed by atoms with Crippen molar-refractivity contribution in [2.75, 3.05) is 5.75 Å². The zero-order valence-electron chi connectivity index (χ0n) is 35.0. The number of rotatable bonds is 42. The minimum atomic E-state index is -4.41. The Morgan fingerprint density at radius 2 is 0.792 bits per heavy atom. The normalized spacial score (nSPS) is 13.8. The molecule has 0 spiro atoms. The standard InChI is InChI=1S/C45H89NO6S/c1-3-5-7-9-11-13-15-17-19-20-21-22-23-24-26-28-30-32-34-36-38-40-44(48)45(49)46-42(41-53(50,51)52)43(47)39-37-35-33-31-29-27-25-18-16-14-12-10-8-6-4-2/h23-24,42-44,47-48H,3-22,25-41H2,1-2H3,(H,46,49)(H,50,51,52)/b24-23-. The van der Waals surface area contributed by atoms with E-state index >= 15 is 0 Å². The highest BCUT2D eigenvalue weighted by atomic mass is 32.2. The summed E-state index contributed by atoms with van der Waals surface area (Å²) in [7, 11) is -4.41. The first kappa shape index (κ1) is 52.0. The van der Waals surface area contributed by atoms with Crippen molar-refractivity contribution in [3.63, 3.8) is 0 Å². The van der Waals surface area contributed by atoms with Crippen LogP contribution in [0.4, 0.5) is 0 Å². The average Bonchev–Trinajstić information content (AvgIpc) is 3.12. The van der Waals surface area contributed by atoms with E-state index < -0.39 is 40.0 Å². The number of carbonyl (C=O) groups excluding carboxylic acids is 1. The van der Waals surface area contributed by atoms with Gasteiger partial charge in [0.2, 0.25) is 5.91 Å². The minimum absolute atomic E-state index is 0.293. The summed E-state index contributed by atoms with van der Waals surface area (Å²) in [5.74, 6) is -1.45. The number of hydrogen-bond donors (Lipinski definition) is 4. The molecule has 4 N–H and O–H groups in total. The Morgan fingerprint density at radius 3 is 1.13 bits per heavy atom. The molecule has 0 saturated heterocycles. The van der Waals surface area contributed by atoms with Gasteiger partial charge in [0.05, 0.1) is 17.9 Å². The molecule has 53 heavy (non-hydrogen) atoms. The number of aliphatic hydroxyl groups is 2. The Kier molecular flexibility index (Phi) is 38.6. The minimum Gasteiger partial charge on any atom is -0.391 e. The molecule has 0 saturated carbocycles. The fourth-order valence-corrected chi connectivity index (χ4v) is 8.04. The number of unbranched alkanes of at least 4 members (excludes halogenated alkanes) is 31. The van der Waals surface area contributed by atoms with Gasteiger partial charge in [-0.1, -0.05) is 219 Å². The summed E-state index contributed by atoms with van der Waals surface area (Å²) in [6.07, 6.45) is 45.2. The van der Waals surface area contributed by atoms with E-state index in [1.165, 1.54) is 161 Å². The first-order valence-electron chi connectivity index (χ1n) is 23.0. The monoisotopic (exact) mass is 772 g/mol. The SMILES string of the molecule is CCCCCCCCCCCCC/C=C\CCCCCCCCC(O)C(=O)NC(CS(=O)(=O)O)C(O)CCCCCCCCCCCCCCCCC. The van der Waals surface area contributed by atoms with Crippen molar-refractivity contribution in [2.24, 2.45) is 0 Å². The summed E-state index contributed by atoms with van der Waals surface area (Å²) in [6.45, 7) is 4.53. The van der Waals surface area contributed by atoms with Gasteiger partial charge in [-0.3, -0.25) is 9.35 Å². The zero-order chi connectivity index (χ0) is 39.1. The summed E-state index contributed by atoms with van der Waals surface area (Å²) in [6, 6.07) is -1.15. The summed E-state index contributed by atoms with van der Waals surface area (Å²) in [5, 5.41) is 23.6. The highest BCUT2D eigenvalue weighted by molar-refractivity contribution is 7.85. The largest absolute Gasteiger partial charge is 0.391 e. The van der Waals surface area contributed by atoms with Gasteiger partial charge in [-0.2, -0.15) is 8.42 Å². The second-order valence-corrected chi connectivity index (χ2v) is 17.7. The molecule has 316 valence electrons. The van der Waals surface area contributed by atoms with E-state index in [4.69, 9.17) is 0 Å². The van der Waals surface area contributed by atoms with Crippen LogP contribution in [-0.2, 0) is 14.9 Å². The number of aliphatic hydroxyl groups excluding tert-OH is 2. The van der Waals surface area contributed by atoms with Crippen LogP contribution in [0.1, 0.15) is 245 Å². The highest BCUT2D eigenvalue weighted by Crippen LogP contribution is 2.17. The van der Waals surface area contributed by atoms with Crippen LogP contribution in [0.2, 0.25) is 0 Å². The van der Waals surface area contributed by atoms with Crippen molar-refractivity contribution < 1.29 is 28.0 Å². The van der Waals surface area contributed by atoms with Crippen molar-refractivity contribution in [2.45, 2.75) is 263 Å². The lowest BCUT2D eigenvalue weighted by Gasteiger charge is -2.24. The van der Waals surface area contributed by atoms with Crippen LogP contribution in [0, 0.1) is 0 Å². The molecule has 0 heterocycles. The van der Waals surface area contributed by atoms with Crippen LogP contribution in [0.25, 0.3) is 0 Å². The maximum absolute atomic E-state index is 12.6. The van der Waals surface area contributed by atoms with Crippen LogP contribution in [0.15, 0.2) is 12.2 Å². The number of allylic oxidation sites excluding steroid dienone is 2. The van der Waals surface area contributed by atoms with Crippen molar-refractivity contribution in [3.8, 4) is 0 Å². The number of carbonyl (C=O) groups is 1. The Balaban J connectivity index is 3.89. The molecule has 3 unspecified atom stereocenters. The van der Waals surface area contributed by atoms with Crippen molar-refractivity contribution in [1.82, 2.24) is 5.32 Å². The molecule has 3 atom stereocenters. The number of nitrogens with one attached hydrogen (secondary N) is 1. The van der Waals surface area contributed by atoms with Crippen LogP contribution in [-0.4, -0.2) is 53.1 Å². The van der Waals surface area contributed by atoms with Gasteiger partial charge in [-0.15, -0.1) is 0 Å². The van der Waals surface area contributed by atoms with E-state index in [2.05, 4.69) is 31.3 Å². The van der Waals surface area contributed by atoms with Crippen LogP contribution in [0.3, 0.4) is 0 Å². The fourth-order valence-electron chi connectivity index (χ4n) is 7.28. The third-order valence-electron chi connectivity index (χ3n) is 10.8. The molecule has 7 nitrogen and oxygen atoms in total. The summed E-state index contributed by atoms with van der Waals surface area (Å²) < 4.78 is 32.6. The molecular formula is C45H89NO6S. The van der Waals surface area contributed by atoms with E-state index in [-0.39, 0.29) is 0 Å². The summed E-state index contributed by atoms with van der Waals surface area (Å²) in [5.41, 5.74) is 0. The highest BCUT2D eigenvalue weighted by Gasteiger charge is 2.28. The van der Waals surface area contributed by atoms with Gasteiger partial charge in [0.25, 0.3) is 10.1 Å². The lowest BCUT2D eigenvalue weighted by molar-refractivity contribution is -0.131. The van der Waals surface area contributed by atoms with E-state index in [1.807, 2.05) is 0 Å². The predicted octanol–water partition coefficient (Wildman–Crippen LogP) is 12.7. The van der Waals surface area contributed by atoms with E-state index in [0.29, 0.717) is 19.3 Å². The van der Waals surface area contributed by atoms with Crippen molar-refractivity contribution >= 4 is 16.0 Å². The van der Waals surface area contributed by atoms with Gasteiger partial charge in [-0.25, -0.2) is 0 Å². The van der Waals surface area contributed by atoms with Gasteiger partial charge in [0.15, 0.2) is 0 Å². The maximum atomic E-state index is 12.6. The van der Waals surface area contributed by atoms with Crippen LogP contribution in [0.5, 0.6) is 0 Å². The van der Waals surface area contributed by atoms with Crippen molar-refractivity contribution in [1.29, 1.82) is 0 Å². The predicted molar refractivity (Wildman–Crippen MR) is 227 cm³/mol. The molecule has 0 aliphatic heterocycles. The van der Waals surface area contributed by atoms with Crippen LogP contribution < -0.4 is 5.32 Å². The molecule has 1 amide bonds. The molecule has 0 bridgehead atoms. The molecule has 0 aromatic heterocycles. The number of hydrogen-bond acceptors (Lipinski definition) is 5. The molecule has 0 fully saturated rings. The summed E-state index contributed by atoms with van der Waals surface area (Å²) in [4.78, 5) is 12.6. The van der Waals surface area contributed by atoms with Gasteiger partial charge in [0.1, 0.15) is 6.10 Å². The Labute approximate surface area is 329 Å². The molecule has 0 radical (unpaired) electrons. The maximum Gasteiger partial charge on any atom is 0.266 e. The van der Waals surface area contributed by atoms with Gasteiger partial charge < -0.3 is 15.5 Å². The third kappa shape index (κ3) is 39.1. The first-order chi connectivity index (χ1) is 25.7. The first-order valence-corrected chi connectivity index (χ1v) is 24.6. The molecule has 0 rings (SSSR count). The smallest absolute Gasteiger partial charge is 0.266 e. The molecule has 0 aromatic rings. The van der Waals surface area contributed by atoms with E-state index in [0.717, 1.165) is 51.4 Å². The van der Waals surface area contributed by atoms with Gasteiger partial charge in [-0.05, 0) is 38.5 Å². The Morgan fingerprint density at radius 1 is 0.491 bits per heavy atom. The molecule has 0 aliphatic rings. The van der Waals surface area contributed by atoms with Crippen molar-refractivity contribution in [3.05, 3.63) is 12.2 Å². The second kappa shape index (κ2) is 39.3. The molecule has 8 heteroatoms. The fraction of sp³-hybridized carbons (Fsp3) is 0.933. The molecule has 0 aliphatic carbocycles. The molecule has 0 aromatic carbocycles. The Hall–Kier alpha value is -0.960. The lowest BCUT2D eigenvalue weighted by atomic mass is 10.0. The molecular weight excluding hydrogens is 683 g/mol. The topological polar surface area (TPSA) is 124 Å². The Bertz CT molecular complexity index is 911. The third-order valence-corrected chi connectivity index (χ3v) is 11.6. The van der Waals surface area contributed by atoms with Gasteiger partial charge >= 0.3 is 0 Å². The van der Waals surface area contributed by atoms with Gasteiger partial charge in [0, 0.05) is 0 Å². The lowest BCUT2D eigenvalue weighted by Crippen LogP contribution is -2.50. The average molecular weight is 772 g/mol. The number of amides is 1. The zero-order valence-corrected chi connectivity index (χ0v) is 35.8. The quantitative estimate of drug-likeness (QED) is 0.0278. The van der Waals surface area contributed by atoms with E-state index in [1.54, 1.807) is 0 Å².